The van der Waals surface area contributed by atoms with Gasteiger partial charge in [-0.2, -0.15) is 0 Å². The third-order valence-corrected chi connectivity index (χ3v) is 5.33. The van der Waals surface area contributed by atoms with Gasteiger partial charge < -0.3 is 14.2 Å². The second kappa shape index (κ2) is 11.5. The van der Waals surface area contributed by atoms with Crippen LogP contribution in [0.4, 0.5) is 0 Å². The maximum Gasteiger partial charge on any atom is 0.343 e. The van der Waals surface area contributed by atoms with E-state index in [1.807, 2.05) is 51.1 Å². The molecule has 168 valence electrons. The van der Waals surface area contributed by atoms with Crippen molar-refractivity contribution in [3.8, 4) is 22.6 Å². The molecule has 4 heteroatoms. The van der Waals surface area contributed by atoms with Crippen LogP contribution in [0.25, 0.3) is 11.1 Å². The van der Waals surface area contributed by atoms with Crippen LogP contribution in [-0.4, -0.2) is 18.7 Å². The Kier molecular flexibility index (Phi) is 8.46. The van der Waals surface area contributed by atoms with Gasteiger partial charge in [-0.3, -0.25) is 0 Å². The fourth-order valence-electron chi connectivity index (χ4n) is 3.56. The van der Waals surface area contributed by atoms with E-state index in [9.17, 15) is 4.79 Å². The summed E-state index contributed by atoms with van der Waals surface area (Å²) in [6.45, 7) is 8.87. The smallest absolute Gasteiger partial charge is 0.343 e. The molecule has 2 unspecified atom stereocenters. The maximum absolute atomic E-state index is 12.7. The molecule has 4 nitrogen and oxygen atoms in total. The Morgan fingerprint density at radius 2 is 1.41 bits per heavy atom. The van der Waals surface area contributed by atoms with Gasteiger partial charge >= 0.3 is 5.97 Å². The van der Waals surface area contributed by atoms with Crippen molar-refractivity contribution in [3.63, 3.8) is 0 Å². The van der Waals surface area contributed by atoms with Crippen LogP contribution >= 0.6 is 0 Å². The molecule has 32 heavy (non-hydrogen) atoms. The number of benzene rings is 3. The van der Waals surface area contributed by atoms with Crippen molar-refractivity contribution in [2.45, 2.75) is 52.7 Å². The van der Waals surface area contributed by atoms with Gasteiger partial charge in [-0.1, -0.05) is 61.9 Å². The summed E-state index contributed by atoms with van der Waals surface area (Å²) in [4.78, 5) is 12.7. The predicted octanol–water partition coefficient (Wildman–Crippen LogP) is 7.24. The van der Waals surface area contributed by atoms with Gasteiger partial charge in [-0.15, -0.1) is 0 Å². The first-order valence-electron chi connectivity index (χ1n) is 11.3. The van der Waals surface area contributed by atoms with Gasteiger partial charge in [0.2, 0.25) is 0 Å². The molecule has 3 rings (SSSR count). The lowest BCUT2D eigenvalue weighted by atomic mass is 10.0. The molecule has 0 saturated heterocycles. The number of carbonyl (C=O) groups is 1. The Hall–Kier alpha value is -3.11. The van der Waals surface area contributed by atoms with Crippen molar-refractivity contribution in [2.75, 3.05) is 6.61 Å². The Morgan fingerprint density at radius 3 is 2.00 bits per heavy atom. The SMILES string of the molecule is CCCC(C)Oc1ccccc1OC(=O)c1ccc(-c2ccc(C(C)OCC)cc2)cc1. The topological polar surface area (TPSA) is 44.8 Å². The molecule has 0 aliphatic heterocycles. The highest BCUT2D eigenvalue weighted by Crippen LogP contribution is 2.29. The lowest BCUT2D eigenvalue weighted by Gasteiger charge is -2.16. The number of hydrogen-bond donors (Lipinski definition) is 0. The molecule has 0 amide bonds. The zero-order valence-corrected chi connectivity index (χ0v) is 19.3. The van der Waals surface area contributed by atoms with Gasteiger partial charge in [0.1, 0.15) is 0 Å². The van der Waals surface area contributed by atoms with E-state index in [-0.39, 0.29) is 12.2 Å². The Labute approximate surface area is 191 Å². The molecular formula is C28H32O4. The van der Waals surface area contributed by atoms with Crippen molar-refractivity contribution in [3.05, 3.63) is 83.9 Å². The third-order valence-electron chi connectivity index (χ3n) is 5.33. The molecule has 0 spiro atoms. The van der Waals surface area contributed by atoms with Crippen molar-refractivity contribution in [1.82, 2.24) is 0 Å². The maximum atomic E-state index is 12.7. The van der Waals surface area contributed by atoms with Crippen LogP contribution in [0, 0.1) is 0 Å². The van der Waals surface area contributed by atoms with Crippen LogP contribution in [0.15, 0.2) is 72.8 Å². The van der Waals surface area contributed by atoms with Crippen molar-refractivity contribution in [1.29, 1.82) is 0 Å². The minimum Gasteiger partial charge on any atom is -0.487 e. The zero-order valence-electron chi connectivity index (χ0n) is 19.3. The fraction of sp³-hybridized carbons (Fsp3) is 0.321. The van der Waals surface area contributed by atoms with E-state index in [1.165, 1.54) is 0 Å². The van der Waals surface area contributed by atoms with E-state index < -0.39 is 5.97 Å². The summed E-state index contributed by atoms with van der Waals surface area (Å²) in [5.41, 5.74) is 3.76. The van der Waals surface area contributed by atoms with Crippen LogP contribution < -0.4 is 9.47 Å². The highest BCUT2D eigenvalue weighted by Gasteiger charge is 2.14. The van der Waals surface area contributed by atoms with E-state index in [0.717, 1.165) is 29.5 Å². The highest BCUT2D eigenvalue weighted by atomic mass is 16.6. The molecule has 0 aliphatic rings. The number of esters is 1. The van der Waals surface area contributed by atoms with E-state index >= 15 is 0 Å². The van der Waals surface area contributed by atoms with Gasteiger partial charge in [0.05, 0.1) is 17.8 Å². The molecule has 0 radical (unpaired) electrons. The summed E-state index contributed by atoms with van der Waals surface area (Å²) in [6, 6.07) is 23.0. The van der Waals surface area contributed by atoms with E-state index in [1.54, 1.807) is 18.2 Å². The lowest BCUT2D eigenvalue weighted by molar-refractivity contribution is 0.0723. The number of para-hydroxylation sites is 2. The van der Waals surface area contributed by atoms with Gasteiger partial charge in [0.15, 0.2) is 11.5 Å². The van der Waals surface area contributed by atoms with Crippen LogP contribution in [0.2, 0.25) is 0 Å². The Bertz CT molecular complexity index is 993. The molecule has 0 N–H and O–H groups in total. The first-order valence-corrected chi connectivity index (χ1v) is 11.3. The van der Waals surface area contributed by atoms with Crippen molar-refractivity contribution >= 4 is 5.97 Å². The predicted molar refractivity (Wildman–Crippen MR) is 128 cm³/mol. The van der Waals surface area contributed by atoms with Gasteiger partial charge in [0.25, 0.3) is 0 Å². The molecule has 0 aromatic heterocycles. The molecule has 0 heterocycles. The standard InChI is InChI=1S/C28H32O4/c1-5-9-20(3)31-26-10-7-8-11-27(26)32-28(29)25-18-16-24(17-19-25)23-14-12-22(13-15-23)21(4)30-6-2/h7-8,10-21H,5-6,9H2,1-4H3. The summed E-state index contributed by atoms with van der Waals surface area (Å²) >= 11 is 0. The normalized spacial score (nSPS) is 12.8. The van der Waals surface area contributed by atoms with Crippen LogP contribution in [0.3, 0.4) is 0 Å². The minimum atomic E-state index is -0.406. The minimum absolute atomic E-state index is 0.0575. The van der Waals surface area contributed by atoms with Crippen LogP contribution in [-0.2, 0) is 4.74 Å². The first kappa shape index (κ1) is 23.6. The largest absolute Gasteiger partial charge is 0.487 e. The lowest BCUT2D eigenvalue weighted by Crippen LogP contribution is -2.14. The number of rotatable bonds is 10. The highest BCUT2D eigenvalue weighted by molar-refractivity contribution is 5.92. The van der Waals surface area contributed by atoms with Crippen molar-refractivity contribution < 1.29 is 19.0 Å². The number of carbonyl (C=O) groups excluding carboxylic acids is 1. The summed E-state index contributed by atoms with van der Waals surface area (Å²) in [5.74, 6) is 0.611. The van der Waals surface area contributed by atoms with E-state index in [0.29, 0.717) is 23.7 Å². The molecule has 2 atom stereocenters. The summed E-state index contributed by atoms with van der Waals surface area (Å²) in [5, 5.41) is 0. The molecule has 0 aliphatic carbocycles. The average Bonchev–Trinajstić information content (AvgIpc) is 2.81. The summed E-state index contributed by atoms with van der Waals surface area (Å²) in [6.07, 6.45) is 2.10. The molecule has 0 saturated carbocycles. The average molecular weight is 433 g/mol. The Balaban J connectivity index is 1.68. The van der Waals surface area contributed by atoms with Crippen LogP contribution in [0.5, 0.6) is 11.5 Å². The van der Waals surface area contributed by atoms with Gasteiger partial charge in [-0.25, -0.2) is 4.79 Å². The number of ether oxygens (including phenoxy) is 3. The monoisotopic (exact) mass is 432 g/mol. The quantitative estimate of drug-likeness (QED) is 0.250. The number of hydrogen-bond acceptors (Lipinski definition) is 4. The van der Waals surface area contributed by atoms with Gasteiger partial charge in [0, 0.05) is 6.61 Å². The molecule has 3 aromatic rings. The van der Waals surface area contributed by atoms with Crippen molar-refractivity contribution in [2.24, 2.45) is 0 Å². The van der Waals surface area contributed by atoms with Gasteiger partial charge in [-0.05, 0) is 68.1 Å². The first-order chi connectivity index (χ1) is 15.5. The fourth-order valence-corrected chi connectivity index (χ4v) is 3.56. The third kappa shape index (κ3) is 6.21. The summed E-state index contributed by atoms with van der Waals surface area (Å²) in [7, 11) is 0. The van der Waals surface area contributed by atoms with E-state index in [2.05, 4.69) is 31.2 Å². The molecule has 0 bridgehead atoms. The second-order valence-electron chi connectivity index (χ2n) is 7.85. The Morgan fingerprint density at radius 1 is 0.812 bits per heavy atom. The zero-order chi connectivity index (χ0) is 22.9. The van der Waals surface area contributed by atoms with E-state index in [4.69, 9.17) is 14.2 Å². The molecular weight excluding hydrogens is 400 g/mol. The second-order valence-corrected chi connectivity index (χ2v) is 7.85. The summed E-state index contributed by atoms with van der Waals surface area (Å²) < 4.78 is 17.2. The molecule has 0 fully saturated rings. The van der Waals surface area contributed by atoms with Crippen LogP contribution in [0.1, 0.15) is 62.6 Å². The molecule has 3 aromatic carbocycles.